The predicted octanol–water partition coefficient (Wildman–Crippen LogP) is 1.50. The predicted molar refractivity (Wildman–Crippen MR) is 89.0 cm³/mol. The SMILES string of the molecule is Cc1ccc(C(O)(c2ccc(C)cc2)C(CO)(CO)CO)cc1. The van der Waals surface area contributed by atoms with Gasteiger partial charge in [0.15, 0.2) is 0 Å². The average Bonchev–Trinajstić information content (AvgIpc) is 2.58. The number of aliphatic hydroxyl groups is 4. The molecule has 124 valence electrons. The molecule has 0 amide bonds. The molecule has 0 heterocycles. The van der Waals surface area contributed by atoms with E-state index in [2.05, 4.69) is 0 Å². The van der Waals surface area contributed by atoms with E-state index in [1.165, 1.54) is 0 Å². The summed E-state index contributed by atoms with van der Waals surface area (Å²) >= 11 is 0. The van der Waals surface area contributed by atoms with Gasteiger partial charge in [0.05, 0.1) is 25.2 Å². The van der Waals surface area contributed by atoms with E-state index in [1.807, 2.05) is 38.1 Å². The summed E-state index contributed by atoms with van der Waals surface area (Å²) in [5, 5.41) is 41.2. The first-order valence-corrected chi connectivity index (χ1v) is 7.63. The smallest absolute Gasteiger partial charge is 0.127 e. The van der Waals surface area contributed by atoms with Gasteiger partial charge >= 0.3 is 0 Å². The van der Waals surface area contributed by atoms with Gasteiger partial charge in [-0.05, 0) is 25.0 Å². The Morgan fingerprint density at radius 3 is 1.22 bits per heavy atom. The highest BCUT2D eigenvalue weighted by Crippen LogP contribution is 2.45. The Kier molecular flexibility index (Phi) is 5.22. The van der Waals surface area contributed by atoms with Crippen LogP contribution in [0.5, 0.6) is 0 Å². The van der Waals surface area contributed by atoms with Crippen LogP contribution in [0.15, 0.2) is 48.5 Å². The van der Waals surface area contributed by atoms with Crippen molar-refractivity contribution < 1.29 is 20.4 Å². The van der Waals surface area contributed by atoms with E-state index in [-0.39, 0.29) is 0 Å². The fourth-order valence-corrected chi connectivity index (χ4v) is 2.86. The van der Waals surface area contributed by atoms with Crippen molar-refractivity contribution in [3.05, 3.63) is 70.8 Å². The Morgan fingerprint density at radius 1 is 0.652 bits per heavy atom. The maximum atomic E-state index is 11.6. The third-order valence-electron chi connectivity index (χ3n) is 4.61. The quantitative estimate of drug-likeness (QED) is 0.651. The van der Waals surface area contributed by atoms with Crippen molar-refractivity contribution in [2.24, 2.45) is 5.41 Å². The van der Waals surface area contributed by atoms with E-state index in [1.54, 1.807) is 24.3 Å². The molecule has 2 rings (SSSR count). The molecule has 0 saturated carbocycles. The van der Waals surface area contributed by atoms with Crippen molar-refractivity contribution >= 4 is 0 Å². The molecule has 0 unspecified atom stereocenters. The molecule has 4 heteroatoms. The Labute approximate surface area is 136 Å². The second-order valence-corrected chi connectivity index (χ2v) is 6.20. The zero-order valence-corrected chi connectivity index (χ0v) is 13.5. The highest BCUT2D eigenvalue weighted by Gasteiger charge is 2.52. The maximum Gasteiger partial charge on any atom is 0.127 e. The highest BCUT2D eigenvalue weighted by atomic mass is 16.3. The number of benzene rings is 2. The number of rotatable bonds is 6. The largest absolute Gasteiger partial charge is 0.395 e. The molecule has 0 aliphatic carbocycles. The molecular weight excluding hydrogens is 292 g/mol. The standard InChI is InChI=1S/C19H24O4/c1-14-3-7-16(8-4-14)19(23,18(11-20,12-21)13-22)17-9-5-15(2)6-10-17/h3-10,20-23H,11-13H2,1-2H3. The van der Waals surface area contributed by atoms with E-state index < -0.39 is 30.8 Å². The van der Waals surface area contributed by atoms with Crippen molar-refractivity contribution in [3.63, 3.8) is 0 Å². The molecule has 0 aliphatic rings. The van der Waals surface area contributed by atoms with Gasteiger partial charge in [-0.3, -0.25) is 0 Å². The Morgan fingerprint density at radius 2 is 0.957 bits per heavy atom. The molecule has 2 aromatic carbocycles. The lowest BCUT2D eigenvalue weighted by molar-refractivity contribution is -0.136. The molecule has 0 spiro atoms. The van der Waals surface area contributed by atoms with Crippen LogP contribution >= 0.6 is 0 Å². The van der Waals surface area contributed by atoms with Crippen molar-refractivity contribution in [3.8, 4) is 0 Å². The number of hydrogen-bond donors (Lipinski definition) is 4. The second-order valence-electron chi connectivity index (χ2n) is 6.20. The Bertz CT molecular complexity index is 574. The maximum absolute atomic E-state index is 11.6. The van der Waals surface area contributed by atoms with Crippen LogP contribution in [0.25, 0.3) is 0 Å². The lowest BCUT2D eigenvalue weighted by Gasteiger charge is -2.45. The van der Waals surface area contributed by atoms with Gasteiger partial charge in [-0.15, -0.1) is 0 Å². The molecule has 23 heavy (non-hydrogen) atoms. The summed E-state index contributed by atoms with van der Waals surface area (Å²) < 4.78 is 0. The van der Waals surface area contributed by atoms with Crippen LogP contribution in [0.2, 0.25) is 0 Å². The lowest BCUT2D eigenvalue weighted by atomic mass is 9.66. The van der Waals surface area contributed by atoms with Gasteiger partial charge in [-0.25, -0.2) is 0 Å². The molecule has 0 bridgehead atoms. The van der Waals surface area contributed by atoms with E-state index in [4.69, 9.17) is 0 Å². The van der Waals surface area contributed by atoms with Crippen molar-refractivity contribution in [2.75, 3.05) is 19.8 Å². The number of aryl methyl sites for hydroxylation is 2. The normalized spacial score (nSPS) is 12.4. The van der Waals surface area contributed by atoms with Crippen LogP contribution in [0.3, 0.4) is 0 Å². The van der Waals surface area contributed by atoms with E-state index in [0.29, 0.717) is 11.1 Å². The van der Waals surface area contributed by atoms with Gasteiger partial charge in [-0.1, -0.05) is 59.7 Å². The minimum absolute atomic E-state index is 0.518. The molecular formula is C19H24O4. The fraction of sp³-hybridized carbons (Fsp3) is 0.368. The van der Waals surface area contributed by atoms with E-state index in [0.717, 1.165) is 11.1 Å². The monoisotopic (exact) mass is 316 g/mol. The summed E-state index contributed by atoms with van der Waals surface area (Å²) in [6.45, 7) is 2.20. The molecule has 0 saturated heterocycles. The van der Waals surface area contributed by atoms with Crippen molar-refractivity contribution in [1.82, 2.24) is 0 Å². The Balaban J connectivity index is 2.72. The minimum Gasteiger partial charge on any atom is -0.395 e. The topological polar surface area (TPSA) is 80.9 Å². The van der Waals surface area contributed by atoms with Gasteiger partial charge in [0, 0.05) is 0 Å². The van der Waals surface area contributed by atoms with Crippen molar-refractivity contribution in [2.45, 2.75) is 19.4 Å². The zero-order valence-electron chi connectivity index (χ0n) is 13.5. The van der Waals surface area contributed by atoms with Crippen LogP contribution in [-0.2, 0) is 5.60 Å². The summed E-state index contributed by atoms with van der Waals surface area (Å²) in [6.07, 6.45) is 0. The molecule has 0 aliphatic heterocycles. The third kappa shape index (κ3) is 2.91. The van der Waals surface area contributed by atoms with Gasteiger partial charge in [-0.2, -0.15) is 0 Å². The van der Waals surface area contributed by atoms with Gasteiger partial charge in [0.25, 0.3) is 0 Å². The first-order chi connectivity index (χ1) is 10.9. The first kappa shape index (κ1) is 17.6. The molecule has 2 aromatic rings. The summed E-state index contributed by atoms with van der Waals surface area (Å²) in [6, 6.07) is 14.4. The van der Waals surface area contributed by atoms with Crippen LogP contribution < -0.4 is 0 Å². The lowest BCUT2D eigenvalue weighted by Crippen LogP contribution is -2.54. The van der Waals surface area contributed by atoms with Crippen LogP contribution in [-0.4, -0.2) is 40.2 Å². The van der Waals surface area contributed by atoms with Gasteiger partial charge < -0.3 is 20.4 Å². The summed E-state index contributed by atoms with van der Waals surface area (Å²) in [4.78, 5) is 0. The fourth-order valence-electron chi connectivity index (χ4n) is 2.86. The average molecular weight is 316 g/mol. The first-order valence-electron chi connectivity index (χ1n) is 7.63. The van der Waals surface area contributed by atoms with Crippen LogP contribution in [0.4, 0.5) is 0 Å². The van der Waals surface area contributed by atoms with Crippen molar-refractivity contribution in [1.29, 1.82) is 0 Å². The van der Waals surface area contributed by atoms with Gasteiger partial charge in [0.2, 0.25) is 0 Å². The molecule has 4 nitrogen and oxygen atoms in total. The number of aliphatic hydroxyl groups excluding tert-OH is 3. The Hall–Kier alpha value is -1.72. The molecule has 0 aromatic heterocycles. The molecule has 0 fully saturated rings. The van der Waals surface area contributed by atoms with E-state index in [9.17, 15) is 20.4 Å². The summed E-state index contributed by atoms with van der Waals surface area (Å²) in [5.41, 5.74) is -0.122. The minimum atomic E-state index is -1.72. The number of hydrogen-bond acceptors (Lipinski definition) is 4. The third-order valence-corrected chi connectivity index (χ3v) is 4.61. The molecule has 4 N–H and O–H groups in total. The second kappa shape index (κ2) is 6.81. The molecule has 0 radical (unpaired) electrons. The summed E-state index contributed by atoms with van der Waals surface area (Å²) in [7, 11) is 0. The van der Waals surface area contributed by atoms with Gasteiger partial charge in [0.1, 0.15) is 5.60 Å². The zero-order chi connectivity index (χ0) is 17.1. The highest BCUT2D eigenvalue weighted by molar-refractivity contribution is 5.41. The van der Waals surface area contributed by atoms with E-state index >= 15 is 0 Å². The molecule has 0 atom stereocenters. The van der Waals surface area contributed by atoms with Crippen LogP contribution in [0.1, 0.15) is 22.3 Å². The van der Waals surface area contributed by atoms with Crippen LogP contribution in [0, 0.1) is 19.3 Å². The summed E-state index contributed by atoms with van der Waals surface area (Å²) in [5.74, 6) is 0.